The van der Waals surface area contributed by atoms with Crippen molar-refractivity contribution in [3.8, 4) is 0 Å². The molecule has 1 aliphatic carbocycles. The Kier molecular flexibility index (Phi) is 3.50. The Morgan fingerprint density at radius 1 is 1.62 bits per heavy atom. The van der Waals surface area contributed by atoms with Crippen molar-refractivity contribution in [2.75, 3.05) is 0 Å². The molecule has 3 N–H and O–H groups in total. The number of hydrogen-bond donors (Lipinski definition) is 2. The lowest BCUT2D eigenvalue weighted by atomic mass is 10.0. The first-order valence-electron chi connectivity index (χ1n) is 5.17. The summed E-state index contributed by atoms with van der Waals surface area (Å²) >= 11 is 6.41. The fourth-order valence-electron chi connectivity index (χ4n) is 2.04. The van der Waals surface area contributed by atoms with Crippen LogP contribution in [0.5, 0.6) is 0 Å². The lowest BCUT2D eigenvalue weighted by Crippen LogP contribution is -2.41. The van der Waals surface area contributed by atoms with Crippen LogP contribution in [0.4, 0.5) is 0 Å². The van der Waals surface area contributed by atoms with Crippen molar-refractivity contribution in [2.24, 2.45) is 11.7 Å². The first-order chi connectivity index (χ1) is 7.68. The van der Waals surface area contributed by atoms with Gasteiger partial charge in [-0.2, -0.15) is 0 Å². The van der Waals surface area contributed by atoms with Crippen LogP contribution in [0.25, 0.3) is 0 Å². The van der Waals surface area contributed by atoms with Crippen molar-refractivity contribution in [3.05, 3.63) is 16.6 Å². The third-order valence-corrected chi connectivity index (χ3v) is 3.75. The number of nitrogens with two attached hydrogens (primary N) is 1. The summed E-state index contributed by atoms with van der Waals surface area (Å²) in [5.74, 6) is 0.00647. The van der Waals surface area contributed by atoms with E-state index in [9.17, 15) is 4.79 Å². The van der Waals surface area contributed by atoms with Crippen molar-refractivity contribution in [3.63, 3.8) is 0 Å². The smallest absolute Gasteiger partial charge is 0.270 e. The largest absolute Gasteiger partial charge is 0.393 e. The van der Waals surface area contributed by atoms with Crippen LogP contribution >= 0.6 is 23.6 Å². The third kappa shape index (κ3) is 2.38. The number of aromatic nitrogens is 1. The molecule has 86 valence electrons. The molecule has 0 bridgehead atoms. The number of nitrogens with one attached hydrogen (secondary N) is 1. The zero-order valence-electron chi connectivity index (χ0n) is 8.68. The van der Waals surface area contributed by atoms with E-state index in [-0.39, 0.29) is 17.9 Å². The third-order valence-electron chi connectivity index (χ3n) is 2.86. The lowest BCUT2D eigenvalue weighted by Gasteiger charge is -2.19. The fraction of sp³-hybridized carbons (Fsp3) is 0.500. The number of carbonyl (C=O) groups excluding carboxylic acids is 1. The number of rotatable bonds is 3. The lowest BCUT2D eigenvalue weighted by molar-refractivity contribution is 0.0929. The molecule has 2 unspecified atom stereocenters. The van der Waals surface area contributed by atoms with Crippen LogP contribution in [0.15, 0.2) is 10.9 Å². The van der Waals surface area contributed by atoms with Gasteiger partial charge in [0.05, 0.1) is 10.5 Å². The maximum atomic E-state index is 11.8. The molecule has 0 aromatic carbocycles. The number of thiazole rings is 1. The zero-order valence-corrected chi connectivity index (χ0v) is 10.3. The highest BCUT2D eigenvalue weighted by Gasteiger charge is 2.30. The highest BCUT2D eigenvalue weighted by atomic mass is 32.1. The second kappa shape index (κ2) is 4.88. The highest BCUT2D eigenvalue weighted by Crippen LogP contribution is 2.26. The molecule has 1 aromatic heterocycles. The van der Waals surface area contributed by atoms with E-state index in [1.54, 1.807) is 10.9 Å². The predicted molar refractivity (Wildman–Crippen MR) is 67.5 cm³/mol. The molecule has 1 heterocycles. The molecule has 1 aromatic rings. The van der Waals surface area contributed by atoms with Crippen LogP contribution in [0.3, 0.4) is 0 Å². The Balaban J connectivity index is 1.99. The number of carbonyl (C=O) groups is 1. The molecule has 1 amide bonds. The monoisotopic (exact) mass is 255 g/mol. The Morgan fingerprint density at radius 2 is 2.44 bits per heavy atom. The first-order valence-corrected chi connectivity index (χ1v) is 6.52. The first kappa shape index (κ1) is 11.5. The zero-order chi connectivity index (χ0) is 11.5. The summed E-state index contributed by atoms with van der Waals surface area (Å²) in [6.45, 7) is 0. The van der Waals surface area contributed by atoms with Gasteiger partial charge in [0.15, 0.2) is 0 Å². The minimum atomic E-state index is -0.130. The number of hydrogen-bond acceptors (Lipinski definition) is 4. The van der Waals surface area contributed by atoms with Crippen molar-refractivity contribution >= 4 is 34.5 Å². The Morgan fingerprint density at radius 3 is 3.06 bits per heavy atom. The van der Waals surface area contributed by atoms with Gasteiger partial charge in [0.1, 0.15) is 5.69 Å². The average Bonchev–Trinajstić information content (AvgIpc) is 2.86. The average molecular weight is 255 g/mol. The Hall–Kier alpha value is -1.01. The SMILES string of the molecule is NC(=S)C1CCCC1NC(=O)c1cscn1. The maximum Gasteiger partial charge on any atom is 0.270 e. The summed E-state index contributed by atoms with van der Waals surface area (Å²) in [5, 5.41) is 4.69. The van der Waals surface area contributed by atoms with Gasteiger partial charge in [-0.25, -0.2) is 4.98 Å². The van der Waals surface area contributed by atoms with E-state index in [0.29, 0.717) is 10.7 Å². The maximum absolute atomic E-state index is 11.8. The quantitative estimate of drug-likeness (QED) is 0.800. The van der Waals surface area contributed by atoms with E-state index in [4.69, 9.17) is 18.0 Å². The van der Waals surface area contributed by atoms with Gasteiger partial charge in [-0.1, -0.05) is 18.6 Å². The van der Waals surface area contributed by atoms with Gasteiger partial charge < -0.3 is 11.1 Å². The molecule has 1 fully saturated rings. The van der Waals surface area contributed by atoms with Crippen molar-refractivity contribution in [2.45, 2.75) is 25.3 Å². The summed E-state index contributed by atoms with van der Waals surface area (Å²) in [4.78, 5) is 16.3. The van der Waals surface area contributed by atoms with Gasteiger partial charge in [-0.15, -0.1) is 11.3 Å². The molecule has 0 radical (unpaired) electrons. The van der Waals surface area contributed by atoms with Gasteiger partial charge >= 0.3 is 0 Å². The molecule has 6 heteroatoms. The normalized spacial score (nSPS) is 24.2. The molecule has 1 aliphatic rings. The molecule has 2 atom stereocenters. The van der Waals surface area contributed by atoms with Crippen molar-refractivity contribution in [1.29, 1.82) is 0 Å². The van der Waals surface area contributed by atoms with Crippen LogP contribution in [-0.4, -0.2) is 21.9 Å². The summed E-state index contributed by atoms with van der Waals surface area (Å²) in [6.07, 6.45) is 2.97. The Bertz CT molecular complexity index is 391. The van der Waals surface area contributed by atoms with Crippen LogP contribution in [0, 0.1) is 5.92 Å². The molecule has 0 spiro atoms. The molecular formula is C10H13N3OS2. The summed E-state index contributed by atoms with van der Waals surface area (Å²) in [6, 6.07) is 0.0756. The van der Waals surface area contributed by atoms with E-state index < -0.39 is 0 Å². The highest BCUT2D eigenvalue weighted by molar-refractivity contribution is 7.80. The van der Waals surface area contributed by atoms with Gasteiger partial charge in [0.2, 0.25) is 0 Å². The molecule has 16 heavy (non-hydrogen) atoms. The summed E-state index contributed by atoms with van der Waals surface area (Å²) < 4.78 is 0. The van der Waals surface area contributed by atoms with E-state index in [0.717, 1.165) is 19.3 Å². The predicted octanol–water partition coefficient (Wildman–Crippen LogP) is 1.33. The molecular weight excluding hydrogens is 242 g/mol. The second-order valence-corrected chi connectivity index (χ2v) is 5.08. The topological polar surface area (TPSA) is 68.0 Å². The van der Waals surface area contributed by atoms with Crippen LogP contribution in [-0.2, 0) is 0 Å². The Labute approximate surface area is 103 Å². The minimum Gasteiger partial charge on any atom is -0.393 e. The van der Waals surface area contributed by atoms with Gasteiger partial charge in [0.25, 0.3) is 5.91 Å². The van der Waals surface area contributed by atoms with E-state index in [1.807, 2.05) is 0 Å². The van der Waals surface area contributed by atoms with Crippen molar-refractivity contribution < 1.29 is 4.79 Å². The fourth-order valence-corrected chi connectivity index (χ4v) is 2.85. The van der Waals surface area contributed by atoms with E-state index >= 15 is 0 Å². The van der Waals surface area contributed by atoms with Crippen LogP contribution < -0.4 is 11.1 Å². The molecule has 0 saturated heterocycles. The van der Waals surface area contributed by atoms with Gasteiger partial charge in [-0.3, -0.25) is 4.79 Å². The molecule has 2 rings (SSSR count). The molecule has 4 nitrogen and oxygen atoms in total. The molecule has 0 aliphatic heterocycles. The minimum absolute atomic E-state index is 0.0756. The molecule has 1 saturated carbocycles. The van der Waals surface area contributed by atoms with E-state index in [2.05, 4.69) is 10.3 Å². The van der Waals surface area contributed by atoms with Gasteiger partial charge in [-0.05, 0) is 12.8 Å². The van der Waals surface area contributed by atoms with Crippen LogP contribution in [0.2, 0.25) is 0 Å². The number of amides is 1. The number of thiocarbonyl (C=S) groups is 1. The number of nitrogens with zero attached hydrogens (tertiary/aromatic N) is 1. The standard InChI is InChI=1S/C10H13N3OS2/c11-9(15)6-2-1-3-7(6)13-10(14)8-4-16-5-12-8/h4-7H,1-3H2,(H2,11,15)(H,13,14). The van der Waals surface area contributed by atoms with Crippen molar-refractivity contribution in [1.82, 2.24) is 10.3 Å². The van der Waals surface area contributed by atoms with E-state index in [1.165, 1.54) is 11.3 Å². The van der Waals surface area contributed by atoms with Crippen LogP contribution in [0.1, 0.15) is 29.8 Å². The summed E-state index contributed by atoms with van der Waals surface area (Å²) in [7, 11) is 0. The summed E-state index contributed by atoms with van der Waals surface area (Å²) in [5.41, 5.74) is 7.77. The van der Waals surface area contributed by atoms with Gasteiger partial charge in [0, 0.05) is 17.3 Å². The second-order valence-electron chi connectivity index (χ2n) is 3.89.